The molecule has 0 aromatic heterocycles. The third kappa shape index (κ3) is 4.23. The number of carbonyl (C=O) groups is 1. The van der Waals surface area contributed by atoms with Gasteiger partial charge in [-0.15, -0.1) is 0 Å². The molecule has 2 aliphatic rings. The molecular formula is C23H29N3O. The third-order valence-corrected chi connectivity index (χ3v) is 6.27. The van der Waals surface area contributed by atoms with Gasteiger partial charge >= 0.3 is 0 Å². The SMILES string of the molecule is NC[C@@H]1C[C@H]2CN(CC(=O)NC(Cc3ccccc3)c3ccccc3)C[C@@H]12. The first kappa shape index (κ1) is 18.2. The van der Waals surface area contributed by atoms with Gasteiger partial charge in [0, 0.05) is 13.1 Å². The average Bonchev–Trinajstić information content (AvgIpc) is 2.99. The van der Waals surface area contributed by atoms with Gasteiger partial charge < -0.3 is 11.1 Å². The molecule has 2 aromatic carbocycles. The van der Waals surface area contributed by atoms with E-state index in [0.29, 0.717) is 18.4 Å². The third-order valence-electron chi connectivity index (χ3n) is 6.27. The van der Waals surface area contributed by atoms with E-state index in [4.69, 9.17) is 5.73 Å². The van der Waals surface area contributed by atoms with E-state index < -0.39 is 0 Å². The summed E-state index contributed by atoms with van der Waals surface area (Å²) >= 11 is 0. The Bertz CT molecular complexity index is 749. The van der Waals surface area contributed by atoms with Crippen LogP contribution in [0.3, 0.4) is 0 Å². The molecule has 4 rings (SSSR count). The van der Waals surface area contributed by atoms with Gasteiger partial charge in [0.25, 0.3) is 0 Å². The molecule has 1 unspecified atom stereocenters. The van der Waals surface area contributed by atoms with Gasteiger partial charge in [0.1, 0.15) is 0 Å². The highest BCUT2D eigenvalue weighted by Gasteiger charge is 2.46. The van der Waals surface area contributed by atoms with E-state index in [9.17, 15) is 4.79 Å². The number of benzene rings is 2. The van der Waals surface area contributed by atoms with Gasteiger partial charge in [-0.25, -0.2) is 0 Å². The number of fused-ring (bicyclic) bond motifs is 1. The summed E-state index contributed by atoms with van der Waals surface area (Å²) in [7, 11) is 0. The number of nitrogens with zero attached hydrogens (tertiary/aromatic N) is 1. The maximum atomic E-state index is 12.8. The van der Waals surface area contributed by atoms with Crippen molar-refractivity contribution in [2.75, 3.05) is 26.2 Å². The predicted octanol–water partition coefficient (Wildman–Crippen LogP) is 2.61. The van der Waals surface area contributed by atoms with Crippen LogP contribution in [0.2, 0.25) is 0 Å². The summed E-state index contributed by atoms with van der Waals surface area (Å²) in [5.74, 6) is 2.24. The summed E-state index contributed by atoms with van der Waals surface area (Å²) in [6.45, 7) is 3.34. The highest BCUT2D eigenvalue weighted by Crippen LogP contribution is 2.44. The minimum Gasteiger partial charge on any atom is -0.348 e. The van der Waals surface area contributed by atoms with E-state index in [1.165, 1.54) is 12.0 Å². The Balaban J connectivity index is 1.38. The van der Waals surface area contributed by atoms with Crippen LogP contribution in [0.1, 0.15) is 23.6 Å². The molecule has 1 saturated carbocycles. The van der Waals surface area contributed by atoms with Crippen LogP contribution in [0.15, 0.2) is 60.7 Å². The summed E-state index contributed by atoms with van der Waals surface area (Å²) in [5.41, 5.74) is 8.23. The highest BCUT2D eigenvalue weighted by molar-refractivity contribution is 5.78. The second-order valence-corrected chi connectivity index (χ2v) is 8.07. The Morgan fingerprint density at radius 1 is 1.07 bits per heavy atom. The van der Waals surface area contributed by atoms with Crippen LogP contribution in [0, 0.1) is 17.8 Å². The van der Waals surface area contributed by atoms with E-state index in [2.05, 4.69) is 34.5 Å². The summed E-state index contributed by atoms with van der Waals surface area (Å²) in [4.78, 5) is 15.1. The summed E-state index contributed by atoms with van der Waals surface area (Å²) in [6.07, 6.45) is 2.04. The van der Waals surface area contributed by atoms with Crippen LogP contribution in [0.5, 0.6) is 0 Å². The lowest BCUT2D eigenvalue weighted by molar-refractivity contribution is -0.122. The number of likely N-dealkylation sites (tertiary alicyclic amines) is 1. The maximum absolute atomic E-state index is 12.8. The lowest BCUT2D eigenvalue weighted by Gasteiger charge is -2.38. The van der Waals surface area contributed by atoms with Crippen molar-refractivity contribution < 1.29 is 4.79 Å². The number of amides is 1. The first-order chi connectivity index (χ1) is 13.2. The Labute approximate surface area is 161 Å². The Morgan fingerprint density at radius 2 is 1.78 bits per heavy atom. The molecule has 2 fully saturated rings. The van der Waals surface area contributed by atoms with E-state index >= 15 is 0 Å². The number of hydrogen-bond acceptors (Lipinski definition) is 3. The van der Waals surface area contributed by atoms with Gasteiger partial charge in [0.05, 0.1) is 12.6 Å². The zero-order chi connectivity index (χ0) is 18.6. The number of rotatable bonds is 7. The fourth-order valence-electron chi connectivity index (χ4n) is 4.77. The van der Waals surface area contributed by atoms with Crippen molar-refractivity contribution >= 4 is 5.91 Å². The first-order valence-corrected chi connectivity index (χ1v) is 10.0. The molecule has 1 saturated heterocycles. The zero-order valence-corrected chi connectivity index (χ0v) is 15.8. The molecule has 1 aliphatic carbocycles. The Hall–Kier alpha value is -2.17. The Morgan fingerprint density at radius 3 is 2.48 bits per heavy atom. The van der Waals surface area contributed by atoms with Gasteiger partial charge in [-0.05, 0) is 48.3 Å². The standard InChI is InChI=1S/C23H29N3O/c24-13-19-12-20-14-26(15-21(19)20)16-23(27)25-22(18-9-5-2-6-10-18)11-17-7-3-1-4-8-17/h1-10,19-22H,11-16,24H2,(H,25,27)/t19-,20-,21-,22?/m0/s1. The van der Waals surface area contributed by atoms with E-state index in [1.54, 1.807) is 0 Å². The van der Waals surface area contributed by atoms with Crippen molar-refractivity contribution in [3.05, 3.63) is 71.8 Å². The summed E-state index contributed by atoms with van der Waals surface area (Å²) in [5, 5.41) is 3.28. The van der Waals surface area contributed by atoms with Gasteiger partial charge in [0.2, 0.25) is 5.91 Å². The van der Waals surface area contributed by atoms with Crippen LogP contribution in [0.4, 0.5) is 0 Å². The molecule has 142 valence electrons. The molecule has 0 spiro atoms. The first-order valence-electron chi connectivity index (χ1n) is 10.0. The molecule has 4 atom stereocenters. The quantitative estimate of drug-likeness (QED) is 0.795. The average molecular weight is 364 g/mol. The lowest BCUT2D eigenvalue weighted by Crippen LogP contribution is -2.40. The number of nitrogens with one attached hydrogen (secondary N) is 1. The van der Waals surface area contributed by atoms with Crippen molar-refractivity contribution in [2.45, 2.75) is 18.9 Å². The van der Waals surface area contributed by atoms with Gasteiger partial charge in [0.15, 0.2) is 0 Å². The second kappa shape index (κ2) is 8.24. The van der Waals surface area contributed by atoms with Crippen molar-refractivity contribution in [1.82, 2.24) is 10.2 Å². The zero-order valence-electron chi connectivity index (χ0n) is 15.8. The largest absolute Gasteiger partial charge is 0.348 e. The highest BCUT2D eigenvalue weighted by atomic mass is 16.2. The molecule has 1 aliphatic heterocycles. The van der Waals surface area contributed by atoms with Crippen LogP contribution in [-0.4, -0.2) is 37.0 Å². The summed E-state index contributed by atoms with van der Waals surface area (Å²) < 4.78 is 0. The minimum absolute atomic E-state index is 0.00258. The number of hydrogen-bond donors (Lipinski definition) is 2. The van der Waals surface area contributed by atoms with Crippen molar-refractivity contribution in [2.24, 2.45) is 23.5 Å². The molecule has 27 heavy (non-hydrogen) atoms. The maximum Gasteiger partial charge on any atom is 0.234 e. The molecular weight excluding hydrogens is 334 g/mol. The minimum atomic E-state index is -0.00258. The summed E-state index contributed by atoms with van der Waals surface area (Å²) in [6, 6.07) is 20.6. The lowest BCUT2D eigenvalue weighted by atomic mass is 9.67. The fourth-order valence-corrected chi connectivity index (χ4v) is 4.77. The van der Waals surface area contributed by atoms with Crippen LogP contribution < -0.4 is 11.1 Å². The van der Waals surface area contributed by atoms with E-state index in [-0.39, 0.29) is 11.9 Å². The van der Waals surface area contributed by atoms with Gasteiger partial charge in [-0.3, -0.25) is 9.69 Å². The molecule has 2 aromatic rings. The van der Waals surface area contributed by atoms with Crippen molar-refractivity contribution in [1.29, 1.82) is 0 Å². The second-order valence-electron chi connectivity index (χ2n) is 8.07. The number of nitrogens with two attached hydrogens (primary N) is 1. The molecule has 0 bridgehead atoms. The molecule has 4 heteroatoms. The molecule has 1 heterocycles. The topological polar surface area (TPSA) is 58.4 Å². The predicted molar refractivity (Wildman–Crippen MR) is 108 cm³/mol. The molecule has 1 amide bonds. The van der Waals surface area contributed by atoms with Gasteiger partial charge in [-0.2, -0.15) is 0 Å². The van der Waals surface area contributed by atoms with Crippen LogP contribution >= 0.6 is 0 Å². The normalized spacial score (nSPS) is 25.4. The monoisotopic (exact) mass is 363 g/mol. The molecule has 4 nitrogen and oxygen atoms in total. The van der Waals surface area contributed by atoms with Gasteiger partial charge in [-0.1, -0.05) is 60.7 Å². The number of carbonyl (C=O) groups excluding carboxylic acids is 1. The Kier molecular flexibility index (Phi) is 5.55. The van der Waals surface area contributed by atoms with Crippen molar-refractivity contribution in [3.63, 3.8) is 0 Å². The van der Waals surface area contributed by atoms with Crippen molar-refractivity contribution in [3.8, 4) is 0 Å². The molecule has 0 radical (unpaired) electrons. The van der Waals surface area contributed by atoms with E-state index in [0.717, 1.165) is 37.5 Å². The van der Waals surface area contributed by atoms with Crippen LogP contribution in [0.25, 0.3) is 0 Å². The molecule has 3 N–H and O–H groups in total. The smallest absolute Gasteiger partial charge is 0.234 e. The fraction of sp³-hybridized carbons (Fsp3) is 0.435. The van der Waals surface area contributed by atoms with E-state index in [1.807, 2.05) is 36.4 Å². The van der Waals surface area contributed by atoms with Crippen LogP contribution in [-0.2, 0) is 11.2 Å².